The third-order valence-corrected chi connectivity index (χ3v) is 6.02. The zero-order valence-corrected chi connectivity index (χ0v) is 17.9. The number of pyridine rings is 1. The summed E-state index contributed by atoms with van der Waals surface area (Å²) in [4.78, 5) is 19.9. The molecule has 1 aliphatic heterocycles. The van der Waals surface area contributed by atoms with Crippen LogP contribution >= 0.6 is 0 Å². The van der Waals surface area contributed by atoms with E-state index in [1.807, 2.05) is 64.6 Å². The first kappa shape index (κ1) is 20.4. The monoisotopic (exact) mass is 426 g/mol. The number of aromatic nitrogens is 3. The number of benzene rings is 2. The number of ether oxygens (including phenoxy) is 1. The van der Waals surface area contributed by atoms with Crippen molar-refractivity contribution in [2.75, 3.05) is 26.3 Å². The zero-order chi connectivity index (χ0) is 21.8. The smallest absolute Gasteiger partial charge is 0.254 e. The molecule has 32 heavy (non-hydrogen) atoms. The van der Waals surface area contributed by atoms with Gasteiger partial charge in [0.1, 0.15) is 0 Å². The van der Waals surface area contributed by atoms with Crippen LogP contribution in [0.25, 0.3) is 10.8 Å². The van der Waals surface area contributed by atoms with E-state index < -0.39 is 0 Å². The first-order chi connectivity index (χ1) is 15.8. The van der Waals surface area contributed by atoms with E-state index in [-0.39, 0.29) is 11.8 Å². The lowest BCUT2D eigenvalue weighted by Crippen LogP contribution is -2.37. The van der Waals surface area contributed by atoms with Gasteiger partial charge in [0.25, 0.3) is 5.91 Å². The lowest BCUT2D eigenvalue weighted by Gasteiger charge is -2.25. The average molecular weight is 427 g/mol. The Morgan fingerprint density at radius 2 is 1.91 bits per heavy atom. The van der Waals surface area contributed by atoms with Crippen molar-refractivity contribution >= 4 is 16.7 Å². The van der Waals surface area contributed by atoms with Gasteiger partial charge in [-0.15, -0.1) is 0 Å². The third kappa shape index (κ3) is 4.41. The van der Waals surface area contributed by atoms with Crippen molar-refractivity contribution < 1.29 is 9.53 Å². The van der Waals surface area contributed by atoms with Gasteiger partial charge in [-0.2, -0.15) is 5.10 Å². The normalized spacial score (nSPS) is 16.8. The van der Waals surface area contributed by atoms with E-state index in [0.29, 0.717) is 32.8 Å². The summed E-state index contributed by atoms with van der Waals surface area (Å²) in [7, 11) is 0. The molecule has 6 nitrogen and oxygen atoms in total. The number of carbonyl (C=O) groups excluding carboxylic acids is 1. The molecular formula is C26H26N4O2. The maximum absolute atomic E-state index is 13.5. The van der Waals surface area contributed by atoms with E-state index in [4.69, 9.17) is 4.74 Å². The van der Waals surface area contributed by atoms with Crippen LogP contribution in [0.2, 0.25) is 0 Å². The van der Waals surface area contributed by atoms with Gasteiger partial charge in [0.2, 0.25) is 0 Å². The molecule has 1 amide bonds. The quantitative estimate of drug-likeness (QED) is 0.487. The van der Waals surface area contributed by atoms with E-state index in [9.17, 15) is 4.79 Å². The molecule has 0 bridgehead atoms. The van der Waals surface area contributed by atoms with Crippen LogP contribution in [0.1, 0.15) is 21.5 Å². The van der Waals surface area contributed by atoms with Crippen molar-refractivity contribution in [1.82, 2.24) is 19.7 Å². The van der Waals surface area contributed by atoms with E-state index >= 15 is 0 Å². The summed E-state index contributed by atoms with van der Waals surface area (Å²) >= 11 is 0. The molecule has 0 N–H and O–H groups in total. The Bertz CT molecular complexity index is 1200. The SMILES string of the molecule is O=C(c1ccccc1Cn1cccn1)N1CCOCC(Cc2cncc3ccccc23)C1. The summed E-state index contributed by atoms with van der Waals surface area (Å²) in [6, 6.07) is 18.0. The van der Waals surface area contributed by atoms with Gasteiger partial charge in [-0.1, -0.05) is 42.5 Å². The Morgan fingerprint density at radius 3 is 2.81 bits per heavy atom. The minimum absolute atomic E-state index is 0.0549. The van der Waals surface area contributed by atoms with E-state index in [2.05, 4.69) is 28.3 Å². The Hall–Kier alpha value is -3.51. The lowest BCUT2D eigenvalue weighted by molar-refractivity contribution is 0.0736. The molecule has 4 aromatic rings. The van der Waals surface area contributed by atoms with Crippen molar-refractivity contribution in [3.8, 4) is 0 Å². The maximum atomic E-state index is 13.5. The van der Waals surface area contributed by atoms with Gasteiger partial charge in [-0.3, -0.25) is 14.5 Å². The number of fused-ring (bicyclic) bond motifs is 1. The third-order valence-electron chi connectivity index (χ3n) is 6.02. The van der Waals surface area contributed by atoms with Gasteiger partial charge in [0.15, 0.2) is 0 Å². The van der Waals surface area contributed by atoms with Crippen molar-refractivity contribution in [1.29, 1.82) is 0 Å². The van der Waals surface area contributed by atoms with E-state index in [1.54, 1.807) is 6.20 Å². The molecule has 1 saturated heterocycles. The number of nitrogens with zero attached hydrogens (tertiary/aromatic N) is 4. The highest BCUT2D eigenvalue weighted by Gasteiger charge is 2.25. The summed E-state index contributed by atoms with van der Waals surface area (Å²) in [6.07, 6.45) is 8.33. The molecule has 2 aromatic carbocycles. The minimum Gasteiger partial charge on any atom is -0.379 e. The van der Waals surface area contributed by atoms with Gasteiger partial charge >= 0.3 is 0 Å². The van der Waals surface area contributed by atoms with Crippen LogP contribution in [-0.4, -0.2) is 51.9 Å². The number of amides is 1. The van der Waals surface area contributed by atoms with Crippen molar-refractivity contribution in [2.45, 2.75) is 13.0 Å². The minimum atomic E-state index is 0.0549. The van der Waals surface area contributed by atoms with Gasteiger partial charge in [-0.05, 0) is 35.1 Å². The van der Waals surface area contributed by atoms with Crippen LogP contribution in [0.15, 0.2) is 79.4 Å². The molecule has 5 rings (SSSR count). The molecule has 0 radical (unpaired) electrons. The summed E-state index contributed by atoms with van der Waals surface area (Å²) in [5.74, 6) is 0.270. The second-order valence-corrected chi connectivity index (χ2v) is 8.28. The molecular weight excluding hydrogens is 400 g/mol. The standard InChI is InChI=1S/C26H26N4O2/c31-26(25-9-4-2-7-22(25)18-30-11-5-10-28-30)29-12-13-32-19-20(17-29)14-23-16-27-15-21-6-1-3-8-24(21)23/h1-11,15-16,20H,12-14,17-19H2. The number of hydrogen-bond donors (Lipinski definition) is 0. The Balaban J connectivity index is 1.36. The van der Waals surface area contributed by atoms with E-state index in [1.165, 1.54) is 10.9 Å². The number of carbonyl (C=O) groups is 1. The van der Waals surface area contributed by atoms with Gasteiger partial charge in [0, 0.05) is 54.7 Å². The molecule has 1 fully saturated rings. The van der Waals surface area contributed by atoms with Crippen LogP contribution in [-0.2, 0) is 17.7 Å². The molecule has 0 spiro atoms. The topological polar surface area (TPSA) is 60.2 Å². The molecule has 162 valence electrons. The summed E-state index contributed by atoms with van der Waals surface area (Å²) < 4.78 is 7.74. The second kappa shape index (κ2) is 9.32. The number of rotatable bonds is 5. The van der Waals surface area contributed by atoms with Gasteiger partial charge < -0.3 is 9.64 Å². The fourth-order valence-electron chi connectivity index (χ4n) is 4.45. The molecule has 0 aliphatic carbocycles. The summed E-state index contributed by atoms with van der Waals surface area (Å²) in [5.41, 5.74) is 2.90. The van der Waals surface area contributed by atoms with E-state index in [0.717, 1.165) is 22.9 Å². The Labute approximate surface area is 187 Å². The predicted octanol–water partition coefficient (Wildman–Crippen LogP) is 3.81. The summed E-state index contributed by atoms with van der Waals surface area (Å²) in [5, 5.41) is 6.64. The highest BCUT2D eigenvalue weighted by molar-refractivity contribution is 5.95. The molecule has 0 saturated carbocycles. The molecule has 6 heteroatoms. The average Bonchev–Trinajstić information content (AvgIpc) is 3.23. The predicted molar refractivity (Wildman–Crippen MR) is 123 cm³/mol. The second-order valence-electron chi connectivity index (χ2n) is 8.28. The Kier molecular flexibility index (Phi) is 5.94. The van der Waals surface area contributed by atoms with Gasteiger partial charge in [-0.25, -0.2) is 0 Å². The van der Waals surface area contributed by atoms with Crippen molar-refractivity contribution in [3.63, 3.8) is 0 Å². The Morgan fingerprint density at radius 1 is 1.03 bits per heavy atom. The zero-order valence-electron chi connectivity index (χ0n) is 17.9. The largest absolute Gasteiger partial charge is 0.379 e. The van der Waals surface area contributed by atoms with Crippen LogP contribution in [0, 0.1) is 5.92 Å². The van der Waals surface area contributed by atoms with Crippen LogP contribution < -0.4 is 0 Å². The van der Waals surface area contributed by atoms with Crippen LogP contribution in [0.3, 0.4) is 0 Å². The summed E-state index contributed by atoms with van der Waals surface area (Å²) in [6.45, 7) is 3.03. The molecule has 1 aliphatic rings. The first-order valence-electron chi connectivity index (χ1n) is 11.0. The van der Waals surface area contributed by atoms with Crippen LogP contribution in [0.5, 0.6) is 0 Å². The molecule has 3 heterocycles. The van der Waals surface area contributed by atoms with Crippen molar-refractivity contribution in [2.24, 2.45) is 5.92 Å². The molecule has 1 atom stereocenters. The maximum Gasteiger partial charge on any atom is 0.254 e. The van der Waals surface area contributed by atoms with Crippen molar-refractivity contribution in [3.05, 3.63) is 96.1 Å². The fraction of sp³-hybridized carbons (Fsp3) is 0.269. The highest BCUT2D eigenvalue weighted by Crippen LogP contribution is 2.23. The van der Waals surface area contributed by atoms with Gasteiger partial charge in [0.05, 0.1) is 19.8 Å². The number of hydrogen-bond acceptors (Lipinski definition) is 4. The highest BCUT2D eigenvalue weighted by atomic mass is 16.5. The first-order valence-corrected chi connectivity index (χ1v) is 11.0. The molecule has 1 unspecified atom stereocenters. The lowest BCUT2D eigenvalue weighted by atomic mass is 9.96. The van der Waals surface area contributed by atoms with Crippen LogP contribution in [0.4, 0.5) is 0 Å². The molecule has 2 aromatic heterocycles. The fourth-order valence-corrected chi connectivity index (χ4v) is 4.45.